The molecule has 4 rings (SSSR count). The molecule has 1 saturated heterocycles. The van der Waals surface area contributed by atoms with Gasteiger partial charge in [0.2, 0.25) is 11.8 Å². The van der Waals surface area contributed by atoms with Crippen molar-refractivity contribution in [2.75, 3.05) is 22.1 Å². The van der Waals surface area contributed by atoms with E-state index in [1.807, 2.05) is 18.2 Å². The Balaban J connectivity index is 1.46. The minimum absolute atomic E-state index is 0.0432. The van der Waals surface area contributed by atoms with Gasteiger partial charge in [-0.2, -0.15) is 0 Å². The van der Waals surface area contributed by atoms with Crippen LogP contribution in [-0.2, 0) is 9.59 Å². The Morgan fingerprint density at radius 2 is 1.55 bits per heavy atom. The molecule has 0 aliphatic carbocycles. The lowest BCUT2D eigenvalue weighted by Crippen LogP contribution is -2.28. The minimum atomic E-state index is -0.581. The summed E-state index contributed by atoms with van der Waals surface area (Å²) in [4.78, 5) is 39.4. The maximum atomic E-state index is 13.2. The number of para-hydroxylation sites is 2. The molecule has 2 N–H and O–H groups in total. The van der Waals surface area contributed by atoms with E-state index in [2.05, 4.69) is 10.6 Å². The number of nitrogens with one attached hydrogen (secondary N) is 2. The standard InChI is InChI=1S/C24H20FN3O3/c25-17-10-12-19(13-11-17)28-15-16(14-22(28)29)23(30)27-21-9-5-4-8-20(21)24(31)26-18-6-2-1-3-7-18/h1-13,16H,14-15H2,(H,26,31)(H,27,30). The summed E-state index contributed by atoms with van der Waals surface area (Å²) in [6.07, 6.45) is 0.0432. The highest BCUT2D eigenvalue weighted by atomic mass is 19.1. The highest BCUT2D eigenvalue weighted by Gasteiger charge is 2.35. The van der Waals surface area contributed by atoms with Crippen molar-refractivity contribution in [1.29, 1.82) is 0 Å². The molecule has 1 aliphatic heterocycles. The fourth-order valence-electron chi connectivity index (χ4n) is 3.50. The van der Waals surface area contributed by atoms with Gasteiger partial charge in [0.05, 0.1) is 17.2 Å². The van der Waals surface area contributed by atoms with Gasteiger partial charge in [-0.1, -0.05) is 30.3 Å². The van der Waals surface area contributed by atoms with Gasteiger partial charge in [0.15, 0.2) is 0 Å². The Bertz CT molecular complexity index is 1120. The zero-order valence-corrected chi connectivity index (χ0v) is 16.5. The molecule has 3 amide bonds. The Labute approximate surface area is 178 Å². The van der Waals surface area contributed by atoms with Gasteiger partial charge in [-0.3, -0.25) is 14.4 Å². The first-order chi connectivity index (χ1) is 15.0. The van der Waals surface area contributed by atoms with Crippen LogP contribution in [0.2, 0.25) is 0 Å². The molecule has 1 atom stereocenters. The van der Waals surface area contributed by atoms with Crippen LogP contribution in [0.3, 0.4) is 0 Å². The second-order valence-corrected chi connectivity index (χ2v) is 7.24. The molecular formula is C24H20FN3O3. The van der Waals surface area contributed by atoms with E-state index < -0.39 is 11.7 Å². The van der Waals surface area contributed by atoms with Gasteiger partial charge in [-0.15, -0.1) is 0 Å². The molecule has 0 spiro atoms. The molecule has 0 saturated carbocycles. The van der Waals surface area contributed by atoms with Crippen LogP contribution in [0.15, 0.2) is 78.9 Å². The largest absolute Gasteiger partial charge is 0.325 e. The van der Waals surface area contributed by atoms with Crippen LogP contribution in [0, 0.1) is 11.7 Å². The van der Waals surface area contributed by atoms with Crippen molar-refractivity contribution in [3.8, 4) is 0 Å². The number of amides is 3. The van der Waals surface area contributed by atoms with E-state index in [4.69, 9.17) is 0 Å². The number of halogens is 1. The Kier molecular flexibility index (Phi) is 5.75. The molecule has 1 fully saturated rings. The molecule has 0 radical (unpaired) electrons. The van der Waals surface area contributed by atoms with E-state index in [0.717, 1.165) is 0 Å². The lowest BCUT2D eigenvalue weighted by atomic mass is 10.1. The summed E-state index contributed by atoms with van der Waals surface area (Å²) in [6.45, 7) is 0.189. The van der Waals surface area contributed by atoms with Gasteiger partial charge in [-0.25, -0.2) is 4.39 Å². The smallest absolute Gasteiger partial charge is 0.257 e. The van der Waals surface area contributed by atoms with Crippen LogP contribution in [-0.4, -0.2) is 24.3 Å². The van der Waals surface area contributed by atoms with Crippen LogP contribution >= 0.6 is 0 Å². The van der Waals surface area contributed by atoms with E-state index in [-0.39, 0.29) is 30.7 Å². The number of carbonyl (C=O) groups excluding carboxylic acids is 3. The van der Waals surface area contributed by atoms with Gasteiger partial charge >= 0.3 is 0 Å². The second-order valence-electron chi connectivity index (χ2n) is 7.24. The number of anilines is 3. The summed E-state index contributed by atoms with van der Waals surface area (Å²) in [6, 6.07) is 21.3. The Hall–Kier alpha value is -4.00. The van der Waals surface area contributed by atoms with Crippen molar-refractivity contribution < 1.29 is 18.8 Å². The van der Waals surface area contributed by atoms with Crippen LogP contribution < -0.4 is 15.5 Å². The van der Waals surface area contributed by atoms with E-state index >= 15 is 0 Å². The molecule has 7 heteroatoms. The summed E-state index contributed by atoms with van der Waals surface area (Å²) < 4.78 is 13.2. The molecule has 156 valence electrons. The van der Waals surface area contributed by atoms with Crippen molar-refractivity contribution in [3.05, 3.63) is 90.2 Å². The fraction of sp³-hybridized carbons (Fsp3) is 0.125. The number of hydrogen-bond donors (Lipinski definition) is 2. The third kappa shape index (κ3) is 4.61. The fourth-order valence-corrected chi connectivity index (χ4v) is 3.50. The third-order valence-electron chi connectivity index (χ3n) is 5.10. The molecule has 3 aromatic rings. The SMILES string of the molecule is O=C(Nc1ccccc1)c1ccccc1NC(=O)C1CC(=O)N(c2ccc(F)cc2)C1. The van der Waals surface area contributed by atoms with Crippen molar-refractivity contribution in [1.82, 2.24) is 0 Å². The van der Waals surface area contributed by atoms with E-state index in [9.17, 15) is 18.8 Å². The molecule has 1 heterocycles. The van der Waals surface area contributed by atoms with Gasteiger partial charge in [0.25, 0.3) is 5.91 Å². The topological polar surface area (TPSA) is 78.5 Å². The van der Waals surface area contributed by atoms with Crippen molar-refractivity contribution in [2.45, 2.75) is 6.42 Å². The molecule has 0 aromatic heterocycles. The summed E-state index contributed by atoms with van der Waals surface area (Å²) in [5.41, 5.74) is 1.88. The van der Waals surface area contributed by atoms with Crippen molar-refractivity contribution in [2.24, 2.45) is 5.92 Å². The number of rotatable bonds is 5. The second kappa shape index (κ2) is 8.79. The van der Waals surface area contributed by atoms with Gasteiger partial charge in [-0.05, 0) is 48.5 Å². The lowest BCUT2D eigenvalue weighted by Gasteiger charge is -2.17. The zero-order chi connectivity index (χ0) is 21.8. The monoisotopic (exact) mass is 417 g/mol. The average molecular weight is 417 g/mol. The van der Waals surface area contributed by atoms with E-state index in [1.54, 1.807) is 36.4 Å². The van der Waals surface area contributed by atoms with Gasteiger partial charge < -0.3 is 15.5 Å². The Morgan fingerprint density at radius 1 is 0.871 bits per heavy atom. The molecule has 3 aromatic carbocycles. The first-order valence-electron chi connectivity index (χ1n) is 9.83. The molecule has 1 unspecified atom stereocenters. The average Bonchev–Trinajstić information content (AvgIpc) is 3.17. The summed E-state index contributed by atoms with van der Waals surface area (Å²) in [7, 11) is 0. The number of nitrogens with zero attached hydrogens (tertiary/aromatic N) is 1. The molecule has 6 nitrogen and oxygen atoms in total. The lowest BCUT2D eigenvalue weighted by molar-refractivity contribution is -0.122. The van der Waals surface area contributed by atoms with Crippen LogP contribution in [0.25, 0.3) is 0 Å². The normalized spacial score (nSPS) is 15.6. The summed E-state index contributed by atoms with van der Waals surface area (Å²) in [5, 5.41) is 5.58. The van der Waals surface area contributed by atoms with Crippen LogP contribution in [0.1, 0.15) is 16.8 Å². The van der Waals surface area contributed by atoms with Crippen molar-refractivity contribution in [3.63, 3.8) is 0 Å². The van der Waals surface area contributed by atoms with Crippen LogP contribution in [0.4, 0.5) is 21.5 Å². The highest BCUT2D eigenvalue weighted by Crippen LogP contribution is 2.27. The number of benzene rings is 3. The minimum Gasteiger partial charge on any atom is -0.325 e. The molecule has 0 bridgehead atoms. The predicted octanol–water partition coefficient (Wildman–Crippen LogP) is 4.07. The van der Waals surface area contributed by atoms with Gasteiger partial charge in [0, 0.05) is 24.3 Å². The zero-order valence-electron chi connectivity index (χ0n) is 16.5. The molecular weight excluding hydrogens is 397 g/mol. The molecule has 31 heavy (non-hydrogen) atoms. The predicted molar refractivity (Wildman–Crippen MR) is 116 cm³/mol. The highest BCUT2D eigenvalue weighted by molar-refractivity contribution is 6.11. The maximum absolute atomic E-state index is 13.2. The molecule has 1 aliphatic rings. The quantitative estimate of drug-likeness (QED) is 0.657. The maximum Gasteiger partial charge on any atom is 0.257 e. The number of hydrogen-bond acceptors (Lipinski definition) is 3. The first kappa shape index (κ1) is 20.3. The number of carbonyl (C=O) groups is 3. The van der Waals surface area contributed by atoms with E-state index in [0.29, 0.717) is 22.6 Å². The van der Waals surface area contributed by atoms with Crippen molar-refractivity contribution >= 4 is 34.8 Å². The summed E-state index contributed by atoms with van der Waals surface area (Å²) in [5.74, 6) is -1.88. The first-order valence-corrected chi connectivity index (χ1v) is 9.83. The van der Waals surface area contributed by atoms with E-state index in [1.165, 1.54) is 29.2 Å². The Morgan fingerprint density at radius 3 is 2.29 bits per heavy atom. The summed E-state index contributed by atoms with van der Waals surface area (Å²) >= 11 is 0. The van der Waals surface area contributed by atoms with Gasteiger partial charge in [0.1, 0.15) is 5.82 Å². The van der Waals surface area contributed by atoms with Crippen LogP contribution in [0.5, 0.6) is 0 Å². The third-order valence-corrected chi connectivity index (χ3v) is 5.10.